The summed E-state index contributed by atoms with van der Waals surface area (Å²) < 4.78 is 0. The van der Waals surface area contributed by atoms with Crippen molar-refractivity contribution in [2.24, 2.45) is 0 Å². The second kappa shape index (κ2) is 7.97. The van der Waals surface area contributed by atoms with Crippen molar-refractivity contribution in [3.05, 3.63) is 53.3 Å². The Morgan fingerprint density at radius 3 is 2.83 bits per heavy atom. The highest BCUT2D eigenvalue weighted by Gasteiger charge is 2.04. The van der Waals surface area contributed by atoms with Gasteiger partial charge in [-0.1, -0.05) is 29.3 Å². The van der Waals surface area contributed by atoms with Crippen molar-refractivity contribution in [1.29, 1.82) is 0 Å². The first-order chi connectivity index (χ1) is 11.3. The third kappa shape index (κ3) is 4.96. The molecule has 2 aromatic rings. The molecule has 0 aliphatic heterocycles. The molecule has 0 amide bonds. The predicted octanol–water partition coefficient (Wildman–Crippen LogP) is 5.18. The molecule has 2 N–H and O–H groups in total. The van der Waals surface area contributed by atoms with Crippen molar-refractivity contribution in [3.63, 3.8) is 0 Å². The van der Waals surface area contributed by atoms with Crippen LogP contribution >= 0.6 is 11.6 Å². The minimum absolute atomic E-state index is 0.697. The zero-order valence-electron chi connectivity index (χ0n) is 13.1. The number of allylic oxidation sites excluding steroid dienone is 1. The SMILES string of the molecule is Clc1cccc(Nc2cc(NCCC3=CCCCC3)ncn2)c1. The zero-order chi connectivity index (χ0) is 15.9. The molecule has 0 bridgehead atoms. The Labute approximate surface area is 142 Å². The van der Waals surface area contributed by atoms with Crippen LogP contribution in [0, 0.1) is 0 Å². The van der Waals surface area contributed by atoms with Gasteiger partial charge in [0.05, 0.1) is 0 Å². The highest BCUT2D eigenvalue weighted by molar-refractivity contribution is 6.30. The number of halogens is 1. The van der Waals surface area contributed by atoms with Gasteiger partial charge in [0.25, 0.3) is 0 Å². The van der Waals surface area contributed by atoms with E-state index in [9.17, 15) is 0 Å². The smallest absolute Gasteiger partial charge is 0.135 e. The van der Waals surface area contributed by atoms with Gasteiger partial charge in [0.15, 0.2) is 0 Å². The van der Waals surface area contributed by atoms with E-state index in [-0.39, 0.29) is 0 Å². The molecular formula is C18H21ClN4. The summed E-state index contributed by atoms with van der Waals surface area (Å²) in [6.45, 7) is 0.902. The normalized spacial score (nSPS) is 14.2. The molecule has 0 fully saturated rings. The Hall–Kier alpha value is -2.07. The molecule has 23 heavy (non-hydrogen) atoms. The first kappa shape index (κ1) is 15.8. The van der Waals surface area contributed by atoms with Gasteiger partial charge in [0.2, 0.25) is 0 Å². The topological polar surface area (TPSA) is 49.8 Å². The van der Waals surface area contributed by atoms with Crippen molar-refractivity contribution >= 4 is 28.9 Å². The van der Waals surface area contributed by atoms with Crippen LogP contribution < -0.4 is 10.6 Å². The summed E-state index contributed by atoms with van der Waals surface area (Å²) in [6.07, 6.45) is 10.2. The number of hydrogen-bond donors (Lipinski definition) is 2. The molecule has 4 nitrogen and oxygen atoms in total. The summed E-state index contributed by atoms with van der Waals surface area (Å²) in [6, 6.07) is 9.49. The lowest BCUT2D eigenvalue weighted by atomic mass is 9.97. The molecule has 0 spiro atoms. The molecular weight excluding hydrogens is 308 g/mol. The summed E-state index contributed by atoms with van der Waals surface area (Å²) in [4.78, 5) is 8.52. The Morgan fingerprint density at radius 2 is 2.00 bits per heavy atom. The molecule has 1 heterocycles. The van der Waals surface area contributed by atoms with Crippen molar-refractivity contribution in [2.75, 3.05) is 17.2 Å². The van der Waals surface area contributed by atoms with E-state index >= 15 is 0 Å². The van der Waals surface area contributed by atoms with Crippen LogP contribution in [-0.4, -0.2) is 16.5 Å². The van der Waals surface area contributed by atoms with Crippen molar-refractivity contribution in [1.82, 2.24) is 9.97 Å². The lowest BCUT2D eigenvalue weighted by molar-refractivity contribution is 0.679. The second-order valence-electron chi connectivity index (χ2n) is 5.71. The average molecular weight is 329 g/mol. The summed E-state index contributed by atoms with van der Waals surface area (Å²) in [7, 11) is 0. The molecule has 120 valence electrons. The molecule has 3 rings (SSSR count). The molecule has 0 saturated heterocycles. The summed E-state index contributed by atoms with van der Waals surface area (Å²) in [5.74, 6) is 1.59. The number of nitrogens with zero attached hydrogens (tertiary/aromatic N) is 2. The number of rotatable bonds is 6. The highest BCUT2D eigenvalue weighted by atomic mass is 35.5. The third-order valence-corrected chi connectivity index (χ3v) is 4.14. The van der Waals surface area contributed by atoms with Gasteiger partial charge in [-0.2, -0.15) is 0 Å². The maximum Gasteiger partial charge on any atom is 0.135 e. The fraction of sp³-hybridized carbons (Fsp3) is 0.333. The van der Waals surface area contributed by atoms with Crippen LogP contribution in [0.25, 0.3) is 0 Å². The minimum Gasteiger partial charge on any atom is -0.370 e. The first-order valence-corrected chi connectivity index (χ1v) is 8.44. The quantitative estimate of drug-likeness (QED) is 0.718. The molecule has 0 saturated carbocycles. The Kier molecular flexibility index (Phi) is 5.48. The summed E-state index contributed by atoms with van der Waals surface area (Å²) in [5, 5.41) is 7.31. The number of benzene rings is 1. The highest BCUT2D eigenvalue weighted by Crippen LogP contribution is 2.21. The van der Waals surface area contributed by atoms with Crippen LogP contribution in [0.4, 0.5) is 17.3 Å². The number of hydrogen-bond acceptors (Lipinski definition) is 4. The van der Waals surface area contributed by atoms with Crippen LogP contribution in [0.1, 0.15) is 32.1 Å². The van der Waals surface area contributed by atoms with Crippen molar-refractivity contribution < 1.29 is 0 Å². The van der Waals surface area contributed by atoms with Gasteiger partial charge in [-0.15, -0.1) is 0 Å². The van der Waals surface area contributed by atoms with E-state index in [4.69, 9.17) is 11.6 Å². The Morgan fingerprint density at radius 1 is 1.09 bits per heavy atom. The van der Waals surface area contributed by atoms with Gasteiger partial charge in [0, 0.05) is 23.3 Å². The number of aromatic nitrogens is 2. The van der Waals surface area contributed by atoms with E-state index in [1.165, 1.54) is 25.7 Å². The van der Waals surface area contributed by atoms with Gasteiger partial charge in [-0.3, -0.25) is 0 Å². The van der Waals surface area contributed by atoms with Gasteiger partial charge in [-0.25, -0.2) is 9.97 Å². The van der Waals surface area contributed by atoms with Crippen molar-refractivity contribution in [2.45, 2.75) is 32.1 Å². The fourth-order valence-corrected chi connectivity index (χ4v) is 2.91. The fourth-order valence-electron chi connectivity index (χ4n) is 2.72. The molecule has 1 aromatic carbocycles. The van der Waals surface area contributed by atoms with Gasteiger partial charge >= 0.3 is 0 Å². The summed E-state index contributed by atoms with van der Waals surface area (Å²) in [5.41, 5.74) is 2.48. The molecule has 0 radical (unpaired) electrons. The lowest BCUT2D eigenvalue weighted by Crippen LogP contribution is -2.06. The standard InChI is InChI=1S/C18H21ClN4/c19-15-7-4-8-16(11-15)23-18-12-17(21-13-22-18)20-10-9-14-5-2-1-3-6-14/h4-5,7-8,11-13H,1-3,6,9-10H2,(H2,20,21,22,23). The first-order valence-electron chi connectivity index (χ1n) is 8.06. The van der Waals surface area contributed by atoms with Crippen LogP contribution in [-0.2, 0) is 0 Å². The molecule has 1 aromatic heterocycles. The number of nitrogens with one attached hydrogen (secondary N) is 2. The molecule has 0 unspecified atom stereocenters. The lowest BCUT2D eigenvalue weighted by Gasteiger charge is -2.13. The van der Waals surface area contributed by atoms with Crippen LogP contribution in [0.3, 0.4) is 0 Å². The second-order valence-corrected chi connectivity index (χ2v) is 6.15. The van der Waals surface area contributed by atoms with Crippen LogP contribution in [0.15, 0.2) is 48.3 Å². The maximum absolute atomic E-state index is 5.99. The van der Waals surface area contributed by atoms with Crippen molar-refractivity contribution in [3.8, 4) is 0 Å². The van der Waals surface area contributed by atoms with Gasteiger partial charge in [0.1, 0.15) is 18.0 Å². The molecule has 0 atom stereocenters. The van der Waals surface area contributed by atoms with Crippen LogP contribution in [0.2, 0.25) is 5.02 Å². The van der Waals surface area contributed by atoms with Gasteiger partial charge < -0.3 is 10.6 Å². The number of anilines is 3. The molecule has 1 aliphatic carbocycles. The minimum atomic E-state index is 0.697. The van der Waals surface area contributed by atoms with E-state index in [1.807, 2.05) is 30.3 Å². The van der Waals surface area contributed by atoms with E-state index < -0.39 is 0 Å². The summed E-state index contributed by atoms with van der Waals surface area (Å²) >= 11 is 5.99. The maximum atomic E-state index is 5.99. The zero-order valence-corrected chi connectivity index (χ0v) is 13.8. The molecule has 1 aliphatic rings. The van der Waals surface area contributed by atoms with Gasteiger partial charge in [-0.05, 0) is 50.3 Å². The van der Waals surface area contributed by atoms with E-state index in [2.05, 4.69) is 26.7 Å². The molecule has 5 heteroatoms. The van der Waals surface area contributed by atoms with E-state index in [0.29, 0.717) is 5.02 Å². The monoisotopic (exact) mass is 328 g/mol. The predicted molar refractivity (Wildman–Crippen MR) is 96.4 cm³/mol. The van der Waals surface area contributed by atoms with E-state index in [0.717, 1.165) is 30.3 Å². The average Bonchev–Trinajstić information content (AvgIpc) is 2.56. The van der Waals surface area contributed by atoms with E-state index in [1.54, 1.807) is 11.9 Å². The Balaban J connectivity index is 1.55. The third-order valence-electron chi connectivity index (χ3n) is 3.90. The van der Waals surface area contributed by atoms with Crippen LogP contribution in [0.5, 0.6) is 0 Å². The Bertz CT molecular complexity index is 684. The largest absolute Gasteiger partial charge is 0.370 e.